The molecule has 0 fully saturated rings. The van der Waals surface area contributed by atoms with E-state index in [2.05, 4.69) is 37.8 Å². The highest BCUT2D eigenvalue weighted by Gasteiger charge is 2.06. The number of hydrogen-bond donors (Lipinski definition) is 0. The highest BCUT2D eigenvalue weighted by atomic mass is 16.5. The van der Waals surface area contributed by atoms with Crippen LogP contribution in [0.15, 0.2) is 55.1 Å². The monoisotopic (exact) mass is 300 g/mol. The number of hydrogen-bond acceptors (Lipinski definition) is 3. The summed E-state index contributed by atoms with van der Waals surface area (Å²) in [5.41, 5.74) is 3.48. The van der Waals surface area contributed by atoms with E-state index < -0.39 is 0 Å². The molecule has 0 N–H and O–H groups in total. The van der Waals surface area contributed by atoms with Crippen molar-refractivity contribution < 1.29 is 14.3 Å². The van der Waals surface area contributed by atoms with Crippen molar-refractivity contribution in [2.75, 3.05) is 14.2 Å². The standard InChI is InChI=1S/C15H16O2.C3H6.CH2O/c1-11-4-6-12(7-5-11)14-9-8-13(16-2)10-15(14)17-3;1-3-2;1-2/h4-10H,1-3H3;3H,1H2,2H3;1H2. The molecule has 0 aliphatic heterocycles. The molecule has 118 valence electrons. The fourth-order valence-electron chi connectivity index (χ4n) is 1.77. The van der Waals surface area contributed by atoms with Crippen molar-refractivity contribution in [2.45, 2.75) is 13.8 Å². The SMILES string of the molecule is C=CC.C=O.COc1ccc(-c2ccc(C)cc2)c(OC)c1. The molecule has 3 nitrogen and oxygen atoms in total. The fraction of sp³-hybridized carbons (Fsp3) is 0.211. The number of ether oxygens (including phenoxy) is 2. The number of carbonyl (C=O) groups is 1. The van der Waals surface area contributed by atoms with Crippen LogP contribution in [-0.4, -0.2) is 21.0 Å². The van der Waals surface area contributed by atoms with Crippen LogP contribution in [0.3, 0.4) is 0 Å². The van der Waals surface area contributed by atoms with Gasteiger partial charge in [-0.05, 0) is 31.5 Å². The highest BCUT2D eigenvalue weighted by Crippen LogP contribution is 2.33. The molecule has 2 aromatic rings. The highest BCUT2D eigenvalue weighted by molar-refractivity contribution is 5.71. The van der Waals surface area contributed by atoms with E-state index in [9.17, 15) is 0 Å². The van der Waals surface area contributed by atoms with Gasteiger partial charge in [0, 0.05) is 11.6 Å². The Balaban J connectivity index is 0.000000789. The third-order valence-corrected chi connectivity index (χ3v) is 2.77. The summed E-state index contributed by atoms with van der Waals surface area (Å²) in [4.78, 5) is 8.00. The molecule has 0 heterocycles. The lowest BCUT2D eigenvalue weighted by Gasteiger charge is -2.10. The van der Waals surface area contributed by atoms with Gasteiger partial charge in [-0.25, -0.2) is 0 Å². The molecule has 3 heteroatoms. The van der Waals surface area contributed by atoms with Gasteiger partial charge in [0.1, 0.15) is 18.3 Å². The van der Waals surface area contributed by atoms with Gasteiger partial charge in [0.25, 0.3) is 0 Å². The van der Waals surface area contributed by atoms with Crippen molar-refractivity contribution in [1.82, 2.24) is 0 Å². The topological polar surface area (TPSA) is 35.5 Å². The lowest BCUT2D eigenvalue weighted by atomic mass is 10.0. The van der Waals surface area contributed by atoms with Crippen molar-refractivity contribution in [3.8, 4) is 22.6 Å². The average molecular weight is 300 g/mol. The van der Waals surface area contributed by atoms with Gasteiger partial charge in [0.15, 0.2) is 0 Å². The molecule has 0 amide bonds. The van der Waals surface area contributed by atoms with Gasteiger partial charge >= 0.3 is 0 Å². The van der Waals surface area contributed by atoms with E-state index in [0.29, 0.717) is 0 Å². The molecule has 0 saturated carbocycles. The number of carbonyl (C=O) groups excluding carboxylic acids is 1. The summed E-state index contributed by atoms with van der Waals surface area (Å²) in [7, 11) is 3.33. The molecule has 0 saturated heterocycles. The first-order chi connectivity index (χ1) is 10.7. The van der Waals surface area contributed by atoms with Gasteiger partial charge in [0.05, 0.1) is 14.2 Å². The molecule has 0 aliphatic carbocycles. The van der Waals surface area contributed by atoms with Crippen LogP contribution in [0.1, 0.15) is 12.5 Å². The second kappa shape index (κ2) is 11.1. The number of aryl methyl sites for hydroxylation is 1. The molecule has 2 rings (SSSR count). The zero-order valence-corrected chi connectivity index (χ0v) is 13.8. The van der Waals surface area contributed by atoms with Crippen molar-refractivity contribution in [3.05, 3.63) is 60.7 Å². The van der Waals surface area contributed by atoms with E-state index in [1.165, 1.54) is 5.56 Å². The normalized spacial score (nSPS) is 8.55. The van der Waals surface area contributed by atoms with Gasteiger partial charge in [-0.15, -0.1) is 6.58 Å². The molecule has 0 aromatic heterocycles. The van der Waals surface area contributed by atoms with E-state index in [-0.39, 0.29) is 0 Å². The van der Waals surface area contributed by atoms with Gasteiger partial charge in [-0.3, -0.25) is 0 Å². The van der Waals surface area contributed by atoms with Gasteiger partial charge < -0.3 is 14.3 Å². The van der Waals surface area contributed by atoms with Crippen LogP contribution in [0.2, 0.25) is 0 Å². The first-order valence-electron chi connectivity index (χ1n) is 6.81. The molecule has 0 unspecified atom stereocenters. The summed E-state index contributed by atoms with van der Waals surface area (Å²) in [6.07, 6.45) is 1.75. The van der Waals surface area contributed by atoms with Crippen molar-refractivity contribution >= 4 is 6.79 Å². The lowest BCUT2D eigenvalue weighted by molar-refractivity contribution is -0.0979. The molecule has 2 aromatic carbocycles. The first kappa shape index (κ1) is 19.4. The Morgan fingerprint density at radius 3 is 1.95 bits per heavy atom. The number of rotatable bonds is 3. The Kier molecular flexibility index (Phi) is 9.85. The zero-order valence-electron chi connectivity index (χ0n) is 13.8. The summed E-state index contributed by atoms with van der Waals surface area (Å²) in [6, 6.07) is 14.2. The molecule has 0 radical (unpaired) electrons. The second-order valence-electron chi connectivity index (χ2n) is 4.34. The summed E-state index contributed by atoms with van der Waals surface area (Å²) in [5, 5.41) is 0. The average Bonchev–Trinajstić information content (AvgIpc) is 2.57. The van der Waals surface area contributed by atoms with E-state index >= 15 is 0 Å². The molecule has 0 bridgehead atoms. The van der Waals surface area contributed by atoms with Crippen LogP contribution in [0.4, 0.5) is 0 Å². The molecule has 0 aliphatic rings. The minimum Gasteiger partial charge on any atom is -0.497 e. The molecule has 22 heavy (non-hydrogen) atoms. The predicted molar refractivity (Wildman–Crippen MR) is 92.7 cm³/mol. The lowest BCUT2D eigenvalue weighted by Crippen LogP contribution is -1.90. The number of allylic oxidation sites excluding steroid dienone is 1. The molecular weight excluding hydrogens is 276 g/mol. The van der Waals surface area contributed by atoms with Crippen LogP contribution in [-0.2, 0) is 4.79 Å². The molecule has 0 spiro atoms. The van der Waals surface area contributed by atoms with Crippen LogP contribution < -0.4 is 9.47 Å². The Hall–Kier alpha value is -2.55. The Labute approximate surface area is 133 Å². The van der Waals surface area contributed by atoms with E-state index in [0.717, 1.165) is 22.6 Å². The fourth-order valence-corrected chi connectivity index (χ4v) is 1.77. The van der Waals surface area contributed by atoms with E-state index in [1.807, 2.05) is 31.9 Å². The van der Waals surface area contributed by atoms with Gasteiger partial charge in [-0.2, -0.15) is 0 Å². The molecular formula is C19H24O3. The van der Waals surface area contributed by atoms with Crippen LogP contribution in [0, 0.1) is 6.92 Å². The third kappa shape index (κ3) is 5.83. The van der Waals surface area contributed by atoms with Crippen molar-refractivity contribution in [1.29, 1.82) is 0 Å². The minimum absolute atomic E-state index is 0.803. The number of benzene rings is 2. The minimum atomic E-state index is 0.803. The maximum absolute atomic E-state index is 8.00. The smallest absolute Gasteiger partial charge is 0.130 e. The summed E-state index contributed by atoms with van der Waals surface area (Å²) >= 11 is 0. The van der Waals surface area contributed by atoms with E-state index in [1.54, 1.807) is 20.3 Å². The first-order valence-corrected chi connectivity index (χ1v) is 6.81. The van der Waals surface area contributed by atoms with Gasteiger partial charge in [0.2, 0.25) is 0 Å². The maximum atomic E-state index is 8.00. The summed E-state index contributed by atoms with van der Waals surface area (Å²) < 4.78 is 10.6. The Morgan fingerprint density at radius 2 is 1.50 bits per heavy atom. The zero-order chi connectivity index (χ0) is 17.0. The maximum Gasteiger partial charge on any atom is 0.130 e. The van der Waals surface area contributed by atoms with E-state index in [4.69, 9.17) is 14.3 Å². The predicted octanol–water partition coefficient (Wildman–Crippen LogP) is 4.69. The largest absolute Gasteiger partial charge is 0.497 e. The Morgan fingerprint density at radius 1 is 0.955 bits per heavy atom. The third-order valence-electron chi connectivity index (χ3n) is 2.77. The van der Waals surface area contributed by atoms with Crippen molar-refractivity contribution in [2.24, 2.45) is 0 Å². The quantitative estimate of drug-likeness (QED) is 0.772. The summed E-state index contributed by atoms with van der Waals surface area (Å²) in [6.45, 7) is 9.33. The van der Waals surface area contributed by atoms with Crippen LogP contribution >= 0.6 is 0 Å². The second-order valence-corrected chi connectivity index (χ2v) is 4.34. The number of methoxy groups -OCH3 is 2. The van der Waals surface area contributed by atoms with Gasteiger partial charge in [-0.1, -0.05) is 35.9 Å². The van der Waals surface area contributed by atoms with Crippen LogP contribution in [0.25, 0.3) is 11.1 Å². The molecule has 0 atom stereocenters. The Bertz CT molecular complexity index is 559. The summed E-state index contributed by atoms with van der Waals surface area (Å²) in [5.74, 6) is 1.63. The van der Waals surface area contributed by atoms with Crippen molar-refractivity contribution in [3.63, 3.8) is 0 Å². The van der Waals surface area contributed by atoms with Crippen LogP contribution in [0.5, 0.6) is 11.5 Å².